The zero-order valence-corrected chi connectivity index (χ0v) is 14.7. The van der Waals surface area contributed by atoms with Crippen molar-refractivity contribution in [1.29, 1.82) is 0 Å². The van der Waals surface area contributed by atoms with Crippen LogP contribution in [0, 0.1) is 11.3 Å². The molecule has 1 atom stereocenters. The van der Waals surface area contributed by atoms with Gasteiger partial charge in [0.2, 0.25) is 0 Å². The molecule has 2 aliphatic rings. The molecule has 3 rings (SSSR count). The second kappa shape index (κ2) is 5.27. The first-order valence-corrected chi connectivity index (χ1v) is 8.75. The number of aliphatic hydroxyl groups excluding tert-OH is 1. The zero-order chi connectivity index (χ0) is 15.3. The molecule has 0 bridgehead atoms. The molecule has 1 spiro atoms. The van der Waals surface area contributed by atoms with Gasteiger partial charge in [-0.25, -0.2) is 0 Å². The number of hydrogen-bond acceptors (Lipinski definition) is 2. The highest BCUT2D eigenvalue weighted by atomic mass is 79.9. The van der Waals surface area contributed by atoms with Crippen molar-refractivity contribution in [2.24, 2.45) is 11.3 Å². The molecule has 1 N–H and O–H groups in total. The summed E-state index contributed by atoms with van der Waals surface area (Å²) in [4.78, 5) is 0. The Balaban J connectivity index is 1.80. The molecule has 21 heavy (non-hydrogen) atoms. The summed E-state index contributed by atoms with van der Waals surface area (Å²) in [5, 5.41) is 10.5. The molecule has 1 aliphatic carbocycles. The lowest BCUT2D eigenvalue weighted by atomic mass is 9.66. The normalized spacial score (nSPS) is 32.6. The van der Waals surface area contributed by atoms with E-state index in [4.69, 9.17) is 4.74 Å². The summed E-state index contributed by atoms with van der Waals surface area (Å²) in [6.07, 6.45) is 4.83. The second-order valence-electron chi connectivity index (χ2n) is 7.83. The summed E-state index contributed by atoms with van der Waals surface area (Å²) in [7, 11) is 0. The maximum absolute atomic E-state index is 10.5. The fourth-order valence-corrected chi connectivity index (χ4v) is 4.27. The van der Waals surface area contributed by atoms with Gasteiger partial charge in [-0.3, -0.25) is 0 Å². The SMILES string of the molecule is CC(C)(C)C1CCC2(CC1)C[C@H](O)c1ccc(Br)cc1O2. The third kappa shape index (κ3) is 3.00. The summed E-state index contributed by atoms with van der Waals surface area (Å²) < 4.78 is 7.39. The molecule has 1 saturated carbocycles. The van der Waals surface area contributed by atoms with Crippen molar-refractivity contribution in [3.05, 3.63) is 28.2 Å². The van der Waals surface area contributed by atoms with E-state index in [-0.39, 0.29) is 5.60 Å². The van der Waals surface area contributed by atoms with E-state index in [1.165, 1.54) is 12.8 Å². The summed E-state index contributed by atoms with van der Waals surface area (Å²) in [6, 6.07) is 5.94. The number of fused-ring (bicyclic) bond motifs is 1. The first kappa shape index (κ1) is 15.4. The number of benzene rings is 1. The predicted octanol–water partition coefficient (Wildman–Crippen LogP) is 5.24. The van der Waals surface area contributed by atoms with Crippen molar-refractivity contribution >= 4 is 15.9 Å². The van der Waals surface area contributed by atoms with E-state index >= 15 is 0 Å². The lowest BCUT2D eigenvalue weighted by Gasteiger charge is -2.47. The molecule has 1 aromatic rings. The van der Waals surface area contributed by atoms with E-state index in [9.17, 15) is 5.11 Å². The van der Waals surface area contributed by atoms with Gasteiger partial charge in [-0.2, -0.15) is 0 Å². The van der Waals surface area contributed by atoms with Crippen LogP contribution in [-0.4, -0.2) is 10.7 Å². The molecule has 0 amide bonds. The van der Waals surface area contributed by atoms with Gasteiger partial charge in [0.05, 0.1) is 6.10 Å². The molecule has 0 radical (unpaired) electrons. The Morgan fingerprint density at radius 2 is 1.90 bits per heavy atom. The molecule has 116 valence electrons. The van der Waals surface area contributed by atoms with Gasteiger partial charge in [-0.1, -0.05) is 42.8 Å². The number of halogens is 1. The minimum Gasteiger partial charge on any atom is -0.487 e. The van der Waals surface area contributed by atoms with Crippen LogP contribution in [0.2, 0.25) is 0 Å². The number of ether oxygens (including phenoxy) is 1. The quantitative estimate of drug-likeness (QED) is 0.691. The number of rotatable bonds is 0. The summed E-state index contributed by atoms with van der Waals surface area (Å²) >= 11 is 3.50. The highest BCUT2D eigenvalue weighted by Gasteiger charge is 2.44. The third-order valence-corrected chi connectivity index (χ3v) is 5.84. The smallest absolute Gasteiger partial charge is 0.127 e. The Kier molecular flexibility index (Phi) is 3.86. The van der Waals surface area contributed by atoms with Crippen LogP contribution in [0.15, 0.2) is 22.7 Å². The molecular formula is C18H25BrO2. The van der Waals surface area contributed by atoms with Gasteiger partial charge < -0.3 is 9.84 Å². The average molecular weight is 353 g/mol. The monoisotopic (exact) mass is 352 g/mol. The van der Waals surface area contributed by atoms with Crippen molar-refractivity contribution < 1.29 is 9.84 Å². The van der Waals surface area contributed by atoms with Crippen LogP contribution in [0.25, 0.3) is 0 Å². The van der Waals surface area contributed by atoms with Crippen LogP contribution in [-0.2, 0) is 0 Å². The zero-order valence-electron chi connectivity index (χ0n) is 13.2. The minimum absolute atomic E-state index is 0.158. The molecule has 0 aromatic heterocycles. The molecule has 1 fully saturated rings. The molecule has 2 nitrogen and oxygen atoms in total. The molecule has 3 heteroatoms. The van der Waals surface area contributed by atoms with Crippen LogP contribution < -0.4 is 4.74 Å². The Morgan fingerprint density at radius 3 is 2.52 bits per heavy atom. The van der Waals surface area contributed by atoms with E-state index in [0.717, 1.165) is 41.0 Å². The maximum Gasteiger partial charge on any atom is 0.127 e. The Hall–Kier alpha value is -0.540. The minimum atomic E-state index is -0.395. The standard InChI is InChI=1S/C18H25BrO2/c1-17(2,3)12-6-8-18(9-7-12)11-15(20)14-5-4-13(19)10-16(14)21-18/h4-5,10,12,15,20H,6-9,11H2,1-3H3/t12?,15-,18?/m0/s1. The number of aliphatic hydroxyl groups is 1. The Morgan fingerprint density at radius 1 is 1.24 bits per heavy atom. The Bertz CT molecular complexity index is 525. The lowest BCUT2D eigenvalue weighted by molar-refractivity contribution is -0.0564. The van der Waals surface area contributed by atoms with Gasteiger partial charge in [-0.15, -0.1) is 0 Å². The van der Waals surface area contributed by atoms with Gasteiger partial charge in [0, 0.05) is 16.5 Å². The van der Waals surface area contributed by atoms with Crippen LogP contribution >= 0.6 is 15.9 Å². The van der Waals surface area contributed by atoms with Crippen LogP contribution in [0.5, 0.6) is 5.75 Å². The largest absolute Gasteiger partial charge is 0.487 e. The predicted molar refractivity (Wildman–Crippen MR) is 88.5 cm³/mol. The summed E-state index contributed by atoms with van der Waals surface area (Å²) in [5.41, 5.74) is 1.15. The van der Waals surface area contributed by atoms with Crippen molar-refractivity contribution in [2.75, 3.05) is 0 Å². The highest BCUT2D eigenvalue weighted by molar-refractivity contribution is 9.10. The second-order valence-corrected chi connectivity index (χ2v) is 8.74. The first-order valence-electron chi connectivity index (χ1n) is 7.96. The first-order chi connectivity index (χ1) is 9.79. The molecule has 1 aliphatic heterocycles. The van der Waals surface area contributed by atoms with E-state index < -0.39 is 6.10 Å². The van der Waals surface area contributed by atoms with Crippen molar-refractivity contribution in [2.45, 2.75) is 64.6 Å². The topological polar surface area (TPSA) is 29.5 Å². The van der Waals surface area contributed by atoms with Crippen LogP contribution in [0.1, 0.15) is 64.5 Å². The molecule has 1 heterocycles. The average Bonchev–Trinajstić information content (AvgIpc) is 2.37. The molecule has 1 aromatic carbocycles. The Labute approximate surface area is 136 Å². The highest BCUT2D eigenvalue weighted by Crippen LogP contribution is 2.50. The van der Waals surface area contributed by atoms with Crippen LogP contribution in [0.3, 0.4) is 0 Å². The van der Waals surface area contributed by atoms with Crippen LogP contribution in [0.4, 0.5) is 0 Å². The fourth-order valence-electron chi connectivity index (χ4n) is 3.93. The van der Waals surface area contributed by atoms with Gasteiger partial charge in [0.25, 0.3) is 0 Å². The van der Waals surface area contributed by atoms with Crippen molar-refractivity contribution in [3.63, 3.8) is 0 Å². The summed E-state index contributed by atoms with van der Waals surface area (Å²) in [5.74, 6) is 1.62. The van der Waals surface area contributed by atoms with E-state index in [1.54, 1.807) is 0 Å². The third-order valence-electron chi connectivity index (χ3n) is 5.35. The van der Waals surface area contributed by atoms with Crippen molar-refractivity contribution in [3.8, 4) is 5.75 Å². The van der Waals surface area contributed by atoms with Gasteiger partial charge in [-0.05, 0) is 49.1 Å². The van der Waals surface area contributed by atoms with E-state index in [1.807, 2.05) is 18.2 Å². The van der Waals surface area contributed by atoms with E-state index in [0.29, 0.717) is 5.41 Å². The van der Waals surface area contributed by atoms with Gasteiger partial charge in [0.15, 0.2) is 0 Å². The summed E-state index contributed by atoms with van der Waals surface area (Å²) in [6.45, 7) is 7.00. The van der Waals surface area contributed by atoms with Gasteiger partial charge >= 0.3 is 0 Å². The van der Waals surface area contributed by atoms with E-state index in [2.05, 4.69) is 36.7 Å². The molecule has 0 unspecified atom stereocenters. The lowest BCUT2D eigenvalue weighted by Crippen LogP contribution is -2.45. The molecule has 0 saturated heterocycles. The van der Waals surface area contributed by atoms with Gasteiger partial charge in [0.1, 0.15) is 11.4 Å². The maximum atomic E-state index is 10.5. The number of hydrogen-bond donors (Lipinski definition) is 1. The van der Waals surface area contributed by atoms with Crippen molar-refractivity contribution in [1.82, 2.24) is 0 Å². The molecular weight excluding hydrogens is 328 g/mol. The fraction of sp³-hybridized carbons (Fsp3) is 0.667.